The summed E-state index contributed by atoms with van der Waals surface area (Å²) in [6.45, 7) is 3.14. The Morgan fingerprint density at radius 1 is 1.06 bits per heavy atom. The Labute approximate surface area is 186 Å². The van der Waals surface area contributed by atoms with Crippen molar-refractivity contribution in [1.82, 2.24) is 0 Å². The van der Waals surface area contributed by atoms with Crippen LogP contribution in [0.1, 0.15) is 16.9 Å². The Morgan fingerprint density at radius 2 is 1.82 bits per heavy atom. The fraction of sp³-hybridized carbons (Fsp3) is 0.304. The minimum atomic E-state index is -5.00. The van der Waals surface area contributed by atoms with Crippen LogP contribution in [0.2, 0.25) is 0 Å². The molecular formula is C23H21F3O7. The van der Waals surface area contributed by atoms with Crippen molar-refractivity contribution in [2.24, 2.45) is 0 Å². The van der Waals surface area contributed by atoms with Crippen molar-refractivity contribution in [1.29, 1.82) is 0 Å². The molecule has 176 valence electrons. The number of hydrogen-bond acceptors (Lipinski definition) is 7. The summed E-state index contributed by atoms with van der Waals surface area (Å²) in [6, 6.07) is 8.63. The summed E-state index contributed by atoms with van der Waals surface area (Å²) in [5.41, 5.74) is -0.0628. The van der Waals surface area contributed by atoms with E-state index in [0.717, 1.165) is 11.6 Å². The van der Waals surface area contributed by atoms with E-state index in [-0.39, 0.29) is 35.7 Å². The Kier molecular flexibility index (Phi) is 7.27. The summed E-state index contributed by atoms with van der Waals surface area (Å²) in [5, 5.41) is -0.140. The molecule has 10 heteroatoms. The lowest BCUT2D eigenvalue weighted by Gasteiger charge is -2.15. The van der Waals surface area contributed by atoms with Crippen LogP contribution in [0, 0.1) is 13.8 Å². The molecule has 7 nitrogen and oxygen atoms in total. The van der Waals surface area contributed by atoms with Crippen molar-refractivity contribution in [2.45, 2.75) is 20.0 Å². The quantitative estimate of drug-likeness (QED) is 0.349. The number of carbonyl (C=O) groups excluding carboxylic acids is 1. The normalized spacial score (nSPS) is 11.5. The van der Waals surface area contributed by atoms with Gasteiger partial charge in [0.05, 0.1) is 12.0 Å². The van der Waals surface area contributed by atoms with Crippen LogP contribution in [0.5, 0.6) is 17.2 Å². The van der Waals surface area contributed by atoms with Crippen molar-refractivity contribution < 1.29 is 41.3 Å². The molecule has 0 fully saturated rings. The van der Waals surface area contributed by atoms with Gasteiger partial charge in [0.1, 0.15) is 23.7 Å². The molecule has 1 aromatic heterocycles. The fourth-order valence-corrected chi connectivity index (χ4v) is 2.88. The zero-order valence-electron chi connectivity index (χ0n) is 18.1. The average molecular weight is 466 g/mol. The Balaban J connectivity index is 1.96. The lowest BCUT2D eigenvalue weighted by atomic mass is 10.1. The van der Waals surface area contributed by atoms with E-state index in [0.29, 0.717) is 5.56 Å². The molecule has 0 N–H and O–H groups in total. The van der Waals surface area contributed by atoms with Crippen molar-refractivity contribution in [3.05, 3.63) is 63.5 Å². The summed E-state index contributed by atoms with van der Waals surface area (Å²) in [4.78, 5) is 24.5. The first-order valence-electron chi connectivity index (χ1n) is 9.80. The number of esters is 1. The largest absolute Gasteiger partial charge is 0.482 e. The minimum absolute atomic E-state index is 0.0191. The van der Waals surface area contributed by atoms with E-state index in [9.17, 15) is 22.8 Å². The lowest BCUT2D eigenvalue weighted by Crippen LogP contribution is -2.17. The standard InChI is InChI=1S/C23H21F3O7/c1-13-4-5-14(2)17(10-13)32-21-20(28)16-7-6-15(31-12-19(27)30-9-8-29-3)11-18(16)33-22(21)23(24,25)26/h4-7,10-11H,8-9,12H2,1-3H3. The Morgan fingerprint density at radius 3 is 2.52 bits per heavy atom. The van der Waals surface area contributed by atoms with E-state index < -0.39 is 35.7 Å². The SMILES string of the molecule is COCCOC(=O)COc1ccc2c(=O)c(Oc3cc(C)ccc3C)c(C(F)(F)F)oc2c1. The highest BCUT2D eigenvalue weighted by Crippen LogP contribution is 2.39. The number of benzene rings is 2. The third-order valence-electron chi connectivity index (χ3n) is 4.54. The second-order valence-electron chi connectivity index (χ2n) is 7.12. The maximum atomic E-state index is 13.7. The van der Waals surface area contributed by atoms with Crippen LogP contribution in [0.25, 0.3) is 11.0 Å². The van der Waals surface area contributed by atoms with Gasteiger partial charge >= 0.3 is 12.1 Å². The monoisotopic (exact) mass is 466 g/mol. The van der Waals surface area contributed by atoms with Gasteiger partial charge in [0.25, 0.3) is 5.76 Å². The van der Waals surface area contributed by atoms with Crippen LogP contribution in [0.15, 0.2) is 45.6 Å². The smallest absolute Gasteiger partial charge is 0.453 e. The number of alkyl halides is 3. The van der Waals surface area contributed by atoms with Crippen LogP contribution in [-0.2, 0) is 20.4 Å². The highest BCUT2D eigenvalue weighted by atomic mass is 19.4. The summed E-state index contributed by atoms with van der Waals surface area (Å²) in [6.07, 6.45) is -5.00. The molecule has 0 bridgehead atoms. The molecule has 0 spiro atoms. The molecule has 0 aliphatic rings. The second-order valence-corrected chi connectivity index (χ2v) is 7.12. The van der Waals surface area contributed by atoms with Crippen LogP contribution in [-0.4, -0.2) is 32.9 Å². The van der Waals surface area contributed by atoms with Crippen molar-refractivity contribution >= 4 is 16.9 Å². The van der Waals surface area contributed by atoms with E-state index in [1.165, 1.54) is 25.3 Å². The summed E-state index contributed by atoms with van der Waals surface area (Å²) < 4.78 is 66.5. The third kappa shape index (κ3) is 5.83. The topological polar surface area (TPSA) is 84.2 Å². The number of rotatable bonds is 8. The van der Waals surface area contributed by atoms with Gasteiger partial charge < -0.3 is 23.4 Å². The predicted molar refractivity (Wildman–Crippen MR) is 112 cm³/mol. The van der Waals surface area contributed by atoms with Crippen LogP contribution in [0.3, 0.4) is 0 Å². The summed E-state index contributed by atoms with van der Waals surface area (Å²) >= 11 is 0. The van der Waals surface area contributed by atoms with Gasteiger partial charge in [-0.1, -0.05) is 12.1 Å². The molecule has 3 rings (SSSR count). The zero-order valence-corrected chi connectivity index (χ0v) is 18.1. The van der Waals surface area contributed by atoms with Crippen LogP contribution < -0.4 is 14.9 Å². The first-order valence-corrected chi connectivity index (χ1v) is 9.80. The predicted octanol–water partition coefficient (Wildman–Crippen LogP) is 4.79. The number of carbonyl (C=O) groups is 1. The first-order chi connectivity index (χ1) is 15.6. The molecule has 0 unspecified atom stereocenters. The van der Waals surface area contributed by atoms with Crippen LogP contribution in [0.4, 0.5) is 13.2 Å². The van der Waals surface area contributed by atoms with Gasteiger partial charge in [-0.2, -0.15) is 13.2 Å². The van der Waals surface area contributed by atoms with E-state index in [1.54, 1.807) is 26.0 Å². The molecule has 0 amide bonds. The molecule has 0 radical (unpaired) electrons. The highest BCUT2D eigenvalue weighted by molar-refractivity contribution is 5.80. The third-order valence-corrected chi connectivity index (χ3v) is 4.54. The fourth-order valence-electron chi connectivity index (χ4n) is 2.88. The summed E-state index contributed by atoms with van der Waals surface area (Å²) in [7, 11) is 1.45. The zero-order chi connectivity index (χ0) is 24.2. The first kappa shape index (κ1) is 24.1. The molecule has 0 atom stereocenters. The molecule has 0 saturated heterocycles. The Hall–Kier alpha value is -3.53. The molecule has 0 aliphatic carbocycles. The number of halogens is 3. The van der Waals surface area contributed by atoms with Crippen LogP contribution >= 0.6 is 0 Å². The number of fused-ring (bicyclic) bond motifs is 1. The number of aryl methyl sites for hydroxylation is 2. The van der Waals surface area contributed by atoms with E-state index in [1.807, 2.05) is 0 Å². The van der Waals surface area contributed by atoms with Crippen molar-refractivity contribution in [3.63, 3.8) is 0 Å². The molecule has 0 aliphatic heterocycles. The van der Waals surface area contributed by atoms with Gasteiger partial charge in [0.15, 0.2) is 6.61 Å². The molecule has 33 heavy (non-hydrogen) atoms. The highest BCUT2D eigenvalue weighted by Gasteiger charge is 2.40. The second kappa shape index (κ2) is 9.95. The maximum absolute atomic E-state index is 13.7. The van der Waals surface area contributed by atoms with E-state index in [2.05, 4.69) is 0 Å². The maximum Gasteiger partial charge on any atom is 0.453 e. The van der Waals surface area contributed by atoms with Crippen molar-refractivity contribution in [3.8, 4) is 17.2 Å². The van der Waals surface area contributed by atoms with E-state index >= 15 is 0 Å². The minimum Gasteiger partial charge on any atom is -0.482 e. The lowest BCUT2D eigenvalue weighted by molar-refractivity contribution is -0.154. The van der Waals surface area contributed by atoms with E-state index in [4.69, 9.17) is 23.4 Å². The van der Waals surface area contributed by atoms with Gasteiger partial charge in [0.2, 0.25) is 11.2 Å². The van der Waals surface area contributed by atoms with Crippen molar-refractivity contribution in [2.75, 3.05) is 26.9 Å². The molecular weight excluding hydrogens is 445 g/mol. The number of ether oxygens (including phenoxy) is 4. The molecule has 3 aromatic rings. The van der Waals surface area contributed by atoms with Gasteiger partial charge in [-0.05, 0) is 43.2 Å². The van der Waals surface area contributed by atoms with Gasteiger partial charge in [0, 0.05) is 13.2 Å². The summed E-state index contributed by atoms with van der Waals surface area (Å²) in [5.74, 6) is -3.09. The number of methoxy groups -OCH3 is 1. The Bertz CT molecular complexity index is 1220. The molecule has 1 heterocycles. The van der Waals surface area contributed by atoms with Gasteiger partial charge in [-0.3, -0.25) is 4.79 Å². The number of hydrogen-bond donors (Lipinski definition) is 0. The molecule has 0 saturated carbocycles. The van der Waals surface area contributed by atoms with Gasteiger partial charge in [-0.25, -0.2) is 4.79 Å². The van der Waals surface area contributed by atoms with Gasteiger partial charge in [-0.15, -0.1) is 0 Å². The molecule has 2 aromatic carbocycles. The average Bonchev–Trinajstić information content (AvgIpc) is 2.75.